The summed E-state index contributed by atoms with van der Waals surface area (Å²) in [6.45, 7) is 4.08. The van der Waals surface area contributed by atoms with Crippen molar-refractivity contribution in [2.75, 3.05) is 6.61 Å². The van der Waals surface area contributed by atoms with Crippen LogP contribution in [0.1, 0.15) is 25.0 Å². The second-order valence-electron chi connectivity index (χ2n) is 3.74. The fraction of sp³-hybridized carbons (Fsp3) is 0.308. The summed E-state index contributed by atoms with van der Waals surface area (Å²) in [5.41, 5.74) is 3.03. The molecular weight excluding hydrogens is 188 g/mol. The number of rotatable bonds is 2. The summed E-state index contributed by atoms with van der Waals surface area (Å²) in [4.78, 5) is 11.2. The molecule has 1 aromatic carbocycles. The van der Waals surface area contributed by atoms with Crippen LogP contribution < -0.4 is 4.74 Å². The fourth-order valence-corrected chi connectivity index (χ4v) is 1.65. The van der Waals surface area contributed by atoms with E-state index in [1.807, 2.05) is 12.1 Å². The Morgan fingerprint density at radius 1 is 1.47 bits per heavy atom. The van der Waals surface area contributed by atoms with E-state index in [1.54, 1.807) is 6.92 Å². The molecule has 0 saturated carbocycles. The van der Waals surface area contributed by atoms with Crippen LogP contribution in [-0.4, -0.2) is 12.4 Å². The van der Waals surface area contributed by atoms with Crippen molar-refractivity contribution < 1.29 is 9.53 Å². The van der Waals surface area contributed by atoms with E-state index in [9.17, 15) is 4.79 Å². The molecule has 2 nitrogen and oxygen atoms in total. The van der Waals surface area contributed by atoms with Crippen LogP contribution in [0.3, 0.4) is 0 Å². The highest BCUT2D eigenvalue weighted by atomic mass is 16.5. The summed E-state index contributed by atoms with van der Waals surface area (Å²) >= 11 is 0. The number of hydrogen-bond donors (Lipinski definition) is 0. The van der Waals surface area contributed by atoms with Crippen LogP contribution in [0.4, 0.5) is 0 Å². The molecule has 2 heteroatoms. The average molecular weight is 202 g/mol. The van der Waals surface area contributed by atoms with Gasteiger partial charge in [0.05, 0.1) is 0 Å². The Hall–Kier alpha value is -1.57. The molecule has 0 unspecified atom stereocenters. The van der Waals surface area contributed by atoms with Gasteiger partial charge in [0, 0.05) is 11.1 Å². The molecule has 1 heterocycles. The van der Waals surface area contributed by atoms with Gasteiger partial charge in [-0.15, -0.1) is 0 Å². The van der Waals surface area contributed by atoms with Crippen molar-refractivity contribution in [3.8, 4) is 5.75 Å². The Morgan fingerprint density at radius 3 is 2.93 bits per heavy atom. The van der Waals surface area contributed by atoms with Crippen LogP contribution >= 0.6 is 0 Å². The number of ether oxygens (including phenoxy) is 1. The largest absolute Gasteiger partial charge is 0.488 e. The van der Waals surface area contributed by atoms with Crippen LogP contribution in [0.5, 0.6) is 5.75 Å². The van der Waals surface area contributed by atoms with Gasteiger partial charge in [0.1, 0.15) is 12.4 Å². The average Bonchev–Trinajstić information content (AvgIpc) is 2.27. The smallest absolute Gasteiger partial charge is 0.159 e. The minimum absolute atomic E-state index is 0.0857. The third kappa shape index (κ3) is 1.94. The maximum absolute atomic E-state index is 11.2. The van der Waals surface area contributed by atoms with Crippen LogP contribution in [0.2, 0.25) is 0 Å². The number of carbonyl (C=O) groups is 1. The highest BCUT2D eigenvalue weighted by Gasteiger charge is 2.14. The van der Waals surface area contributed by atoms with Gasteiger partial charge in [-0.2, -0.15) is 0 Å². The Balaban J connectivity index is 2.43. The van der Waals surface area contributed by atoms with Crippen LogP contribution in [-0.2, 0) is 11.2 Å². The molecule has 0 fully saturated rings. The summed E-state index contributed by atoms with van der Waals surface area (Å²) in [6, 6.07) is 6.12. The first-order valence-electron chi connectivity index (χ1n) is 5.18. The molecule has 0 aliphatic carbocycles. The van der Waals surface area contributed by atoms with Crippen molar-refractivity contribution >= 4 is 11.9 Å². The van der Waals surface area contributed by atoms with Gasteiger partial charge in [-0.3, -0.25) is 4.79 Å². The highest BCUT2D eigenvalue weighted by Crippen LogP contribution is 2.27. The summed E-state index contributed by atoms with van der Waals surface area (Å²) in [5, 5.41) is 0. The maximum atomic E-state index is 11.2. The normalized spacial score (nSPS) is 13.9. The van der Waals surface area contributed by atoms with Crippen molar-refractivity contribution in [1.82, 2.24) is 0 Å². The SMILES string of the molecule is CCc1ccc2c(c1)C=C(C(C)=O)CO2. The molecule has 0 spiro atoms. The minimum atomic E-state index is 0.0857. The molecule has 1 aliphatic rings. The van der Waals surface area contributed by atoms with Gasteiger partial charge in [-0.1, -0.05) is 13.0 Å². The quantitative estimate of drug-likeness (QED) is 0.736. The zero-order valence-corrected chi connectivity index (χ0v) is 9.04. The van der Waals surface area contributed by atoms with E-state index >= 15 is 0 Å². The number of ketones is 1. The maximum Gasteiger partial charge on any atom is 0.159 e. The molecule has 0 saturated heterocycles. The Morgan fingerprint density at radius 2 is 2.27 bits per heavy atom. The lowest BCUT2D eigenvalue weighted by atomic mass is 10.0. The lowest BCUT2D eigenvalue weighted by Gasteiger charge is -2.17. The first-order chi connectivity index (χ1) is 7.20. The minimum Gasteiger partial charge on any atom is -0.488 e. The molecule has 0 aromatic heterocycles. The fourth-order valence-electron chi connectivity index (χ4n) is 1.65. The first-order valence-corrected chi connectivity index (χ1v) is 5.18. The standard InChI is InChI=1S/C13H14O2/c1-3-10-4-5-13-11(6-10)7-12(8-15-13)9(2)14/h4-7H,3,8H2,1-2H3. The molecule has 1 aliphatic heterocycles. The van der Waals surface area contributed by atoms with Crippen molar-refractivity contribution in [2.45, 2.75) is 20.3 Å². The van der Waals surface area contributed by atoms with Crippen molar-refractivity contribution in [3.63, 3.8) is 0 Å². The highest BCUT2D eigenvalue weighted by molar-refractivity contribution is 5.99. The molecule has 78 valence electrons. The van der Waals surface area contributed by atoms with E-state index in [2.05, 4.69) is 19.1 Å². The van der Waals surface area contributed by atoms with Crippen molar-refractivity contribution in [3.05, 3.63) is 34.9 Å². The molecule has 1 aromatic rings. The lowest BCUT2D eigenvalue weighted by molar-refractivity contribution is -0.113. The summed E-state index contributed by atoms with van der Waals surface area (Å²) < 4.78 is 5.51. The van der Waals surface area contributed by atoms with Crippen molar-refractivity contribution in [1.29, 1.82) is 0 Å². The van der Waals surface area contributed by atoms with Gasteiger partial charge in [0.2, 0.25) is 0 Å². The van der Waals surface area contributed by atoms with Gasteiger partial charge >= 0.3 is 0 Å². The van der Waals surface area contributed by atoms with Crippen molar-refractivity contribution in [2.24, 2.45) is 0 Å². The number of fused-ring (bicyclic) bond motifs is 1. The first kappa shape index (κ1) is 9.97. The predicted octanol–water partition coefficient (Wildman–Crippen LogP) is 2.61. The monoisotopic (exact) mass is 202 g/mol. The van der Waals surface area contributed by atoms with Gasteiger partial charge in [-0.25, -0.2) is 0 Å². The summed E-state index contributed by atoms with van der Waals surface area (Å²) in [7, 11) is 0. The third-order valence-corrected chi connectivity index (χ3v) is 2.65. The molecule has 0 amide bonds. The number of aryl methyl sites for hydroxylation is 1. The van der Waals surface area contributed by atoms with Gasteiger partial charge in [0.15, 0.2) is 5.78 Å². The molecule has 2 rings (SSSR count). The van der Waals surface area contributed by atoms with Crippen LogP contribution in [0, 0.1) is 0 Å². The Labute approximate surface area is 89.6 Å². The van der Waals surface area contributed by atoms with E-state index in [0.717, 1.165) is 23.3 Å². The summed E-state index contributed by atoms with van der Waals surface area (Å²) in [6.07, 6.45) is 2.93. The number of carbonyl (C=O) groups excluding carboxylic acids is 1. The molecule has 0 bridgehead atoms. The predicted molar refractivity (Wildman–Crippen MR) is 60.0 cm³/mol. The molecule has 15 heavy (non-hydrogen) atoms. The van der Waals surface area contributed by atoms with Gasteiger partial charge in [-0.05, 0) is 37.1 Å². The Bertz CT molecular complexity index is 430. The van der Waals surface area contributed by atoms with Crippen LogP contribution in [0.15, 0.2) is 23.8 Å². The van der Waals surface area contributed by atoms with E-state index in [0.29, 0.717) is 6.61 Å². The summed E-state index contributed by atoms with van der Waals surface area (Å²) in [5.74, 6) is 0.958. The Kier molecular flexibility index (Phi) is 2.58. The van der Waals surface area contributed by atoms with E-state index in [4.69, 9.17) is 4.74 Å². The molecular formula is C13H14O2. The number of benzene rings is 1. The number of Topliss-reactive ketones (excluding diaryl/α,β-unsaturated/α-hetero) is 1. The molecule has 0 radical (unpaired) electrons. The van der Waals surface area contributed by atoms with E-state index in [1.165, 1.54) is 5.56 Å². The number of hydrogen-bond acceptors (Lipinski definition) is 2. The molecule has 0 N–H and O–H groups in total. The van der Waals surface area contributed by atoms with Crippen LogP contribution in [0.25, 0.3) is 6.08 Å². The zero-order chi connectivity index (χ0) is 10.8. The second-order valence-corrected chi connectivity index (χ2v) is 3.74. The lowest BCUT2D eigenvalue weighted by Crippen LogP contribution is -2.12. The van der Waals surface area contributed by atoms with Gasteiger partial charge in [0.25, 0.3) is 0 Å². The van der Waals surface area contributed by atoms with Gasteiger partial charge < -0.3 is 4.74 Å². The third-order valence-electron chi connectivity index (χ3n) is 2.65. The topological polar surface area (TPSA) is 26.3 Å². The van der Waals surface area contributed by atoms with E-state index in [-0.39, 0.29) is 5.78 Å². The second kappa shape index (κ2) is 3.89. The molecule has 0 atom stereocenters. The zero-order valence-electron chi connectivity index (χ0n) is 9.04. The van der Waals surface area contributed by atoms with E-state index < -0.39 is 0 Å².